The van der Waals surface area contributed by atoms with E-state index in [0.717, 1.165) is 11.5 Å². The molecule has 1 aliphatic rings. The summed E-state index contributed by atoms with van der Waals surface area (Å²) < 4.78 is 14.9. The first-order valence-corrected chi connectivity index (χ1v) is 6.75. The van der Waals surface area contributed by atoms with E-state index < -0.39 is 0 Å². The van der Waals surface area contributed by atoms with Gasteiger partial charge in [-0.25, -0.2) is 0 Å². The van der Waals surface area contributed by atoms with Gasteiger partial charge in [-0.2, -0.15) is 9.64 Å². The Morgan fingerprint density at radius 1 is 1.67 bits per heavy atom. The molecule has 0 aliphatic carbocycles. The maximum Gasteiger partial charge on any atom is 0.162 e. The number of nitrogens with zero attached hydrogens (tertiary/aromatic N) is 3. The Morgan fingerprint density at radius 2 is 2.44 bits per heavy atom. The molecule has 0 N–H and O–H groups in total. The first-order valence-electron chi connectivity index (χ1n) is 5.60. The van der Waals surface area contributed by atoms with Crippen LogP contribution in [0.5, 0.6) is 0 Å². The van der Waals surface area contributed by atoms with Crippen LogP contribution in [0.4, 0.5) is 5.00 Å². The van der Waals surface area contributed by atoms with E-state index >= 15 is 0 Å². The molecular formula is C11H14ClN3O2S. The highest BCUT2D eigenvalue weighted by Gasteiger charge is 2.28. The fourth-order valence-electron chi connectivity index (χ4n) is 2.06. The van der Waals surface area contributed by atoms with E-state index in [1.807, 2.05) is 6.92 Å². The number of halogens is 1. The number of aromatic nitrogens is 1. The summed E-state index contributed by atoms with van der Waals surface area (Å²) in [4.78, 5) is 2.10. The average molecular weight is 288 g/mol. The monoisotopic (exact) mass is 287 g/mol. The van der Waals surface area contributed by atoms with Crippen molar-refractivity contribution in [2.45, 2.75) is 19.1 Å². The molecule has 1 aromatic heterocycles. The van der Waals surface area contributed by atoms with Gasteiger partial charge < -0.3 is 14.4 Å². The molecule has 18 heavy (non-hydrogen) atoms. The fourth-order valence-corrected chi connectivity index (χ4v) is 3.11. The lowest BCUT2D eigenvalue weighted by atomic mass is 10.2. The molecule has 0 bridgehead atoms. The molecule has 1 aliphatic heterocycles. The standard InChI is InChI=1S/C11H14ClN3O2S/c1-7-4-15(5-8(17-7)6-16-2)11-9(3-13)10(12)14-18-11/h7-8H,4-6H2,1-2H3. The Bertz CT molecular complexity index is 460. The van der Waals surface area contributed by atoms with Crippen LogP contribution < -0.4 is 4.90 Å². The van der Waals surface area contributed by atoms with Crippen molar-refractivity contribution in [1.29, 1.82) is 5.26 Å². The molecule has 0 amide bonds. The van der Waals surface area contributed by atoms with Crippen molar-refractivity contribution < 1.29 is 9.47 Å². The topological polar surface area (TPSA) is 58.4 Å². The van der Waals surface area contributed by atoms with Crippen LogP contribution in [0.15, 0.2) is 0 Å². The van der Waals surface area contributed by atoms with Crippen molar-refractivity contribution in [2.24, 2.45) is 0 Å². The minimum Gasteiger partial charge on any atom is -0.382 e. The van der Waals surface area contributed by atoms with Crippen LogP contribution in [0.3, 0.4) is 0 Å². The van der Waals surface area contributed by atoms with Gasteiger partial charge in [0.25, 0.3) is 0 Å². The molecule has 0 spiro atoms. The van der Waals surface area contributed by atoms with Crippen LogP contribution in [-0.2, 0) is 9.47 Å². The summed E-state index contributed by atoms with van der Waals surface area (Å²) in [5, 5.41) is 10.2. The zero-order valence-electron chi connectivity index (χ0n) is 10.2. The molecule has 0 aromatic carbocycles. The SMILES string of the molecule is COCC1CN(c2snc(Cl)c2C#N)CC(C)O1. The van der Waals surface area contributed by atoms with Crippen LogP contribution in [0.25, 0.3) is 0 Å². The molecule has 98 valence electrons. The molecule has 1 fully saturated rings. The summed E-state index contributed by atoms with van der Waals surface area (Å²) in [7, 11) is 1.65. The summed E-state index contributed by atoms with van der Waals surface area (Å²) in [6.45, 7) is 3.96. The van der Waals surface area contributed by atoms with Crippen molar-refractivity contribution >= 4 is 28.1 Å². The Balaban J connectivity index is 2.19. The predicted octanol–water partition coefficient (Wildman–Crippen LogP) is 1.91. The second kappa shape index (κ2) is 5.85. The highest BCUT2D eigenvalue weighted by Crippen LogP contribution is 2.32. The summed E-state index contributed by atoms with van der Waals surface area (Å²) in [5.41, 5.74) is 0.451. The van der Waals surface area contributed by atoms with Gasteiger partial charge in [-0.1, -0.05) is 11.6 Å². The molecule has 2 atom stereocenters. The third kappa shape index (κ3) is 2.75. The van der Waals surface area contributed by atoms with Crippen molar-refractivity contribution in [2.75, 3.05) is 31.7 Å². The lowest BCUT2D eigenvalue weighted by molar-refractivity contribution is -0.0509. The highest BCUT2D eigenvalue weighted by molar-refractivity contribution is 7.10. The van der Waals surface area contributed by atoms with Gasteiger partial charge in [0, 0.05) is 20.2 Å². The Hall–Kier alpha value is -0.870. The molecule has 2 rings (SSSR count). The molecule has 7 heteroatoms. The smallest absolute Gasteiger partial charge is 0.162 e. The molecule has 2 unspecified atom stereocenters. The summed E-state index contributed by atoms with van der Waals surface area (Å²) >= 11 is 7.15. The van der Waals surface area contributed by atoms with E-state index in [9.17, 15) is 0 Å². The molecular weight excluding hydrogens is 274 g/mol. The van der Waals surface area contributed by atoms with Crippen molar-refractivity contribution in [3.8, 4) is 6.07 Å². The number of ether oxygens (including phenoxy) is 2. The number of anilines is 1. The van der Waals surface area contributed by atoms with Crippen molar-refractivity contribution in [3.05, 3.63) is 10.7 Å². The predicted molar refractivity (Wildman–Crippen MR) is 70.3 cm³/mol. The van der Waals surface area contributed by atoms with E-state index in [2.05, 4.69) is 15.3 Å². The van der Waals surface area contributed by atoms with Gasteiger partial charge in [-0.15, -0.1) is 0 Å². The van der Waals surface area contributed by atoms with Gasteiger partial charge in [-0.3, -0.25) is 0 Å². The Morgan fingerprint density at radius 3 is 3.11 bits per heavy atom. The van der Waals surface area contributed by atoms with Crippen LogP contribution in [0.1, 0.15) is 12.5 Å². The normalized spacial score (nSPS) is 24.0. The Labute approximate surface area is 115 Å². The zero-order valence-corrected chi connectivity index (χ0v) is 11.8. The molecule has 1 aromatic rings. The number of hydrogen-bond acceptors (Lipinski definition) is 6. The van der Waals surface area contributed by atoms with Gasteiger partial charge in [0.05, 0.1) is 18.8 Å². The van der Waals surface area contributed by atoms with E-state index in [0.29, 0.717) is 18.7 Å². The third-order valence-electron chi connectivity index (χ3n) is 2.71. The number of nitriles is 1. The van der Waals surface area contributed by atoms with E-state index in [1.54, 1.807) is 7.11 Å². The molecule has 5 nitrogen and oxygen atoms in total. The highest BCUT2D eigenvalue weighted by atomic mass is 35.5. The van der Waals surface area contributed by atoms with Crippen LogP contribution in [-0.4, -0.2) is 43.4 Å². The summed E-state index contributed by atoms with van der Waals surface area (Å²) in [6.07, 6.45) is 0.0949. The van der Waals surface area contributed by atoms with Gasteiger partial charge in [-0.05, 0) is 18.5 Å². The molecule has 1 saturated heterocycles. The lowest BCUT2D eigenvalue weighted by Gasteiger charge is -2.37. The van der Waals surface area contributed by atoms with Gasteiger partial charge >= 0.3 is 0 Å². The number of methoxy groups -OCH3 is 1. The van der Waals surface area contributed by atoms with E-state index in [4.69, 9.17) is 26.3 Å². The minimum absolute atomic E-state index is 0.00571. The van der Waals surface area contributed by atoms with Crippen molar-refractivity contribution in [1.82, 2.24) is 4.37 Å². The second-order valence-corrected chi connectivity index (χ2v) is 5.30. The molecule has 0 radical (unpaired) electrons. The van der Waals surface area contributed by atoms with E-state index in [-0.39, 0.29) is 17.4 Å². The number of morpholine rings is 1. The van der Waals surface area contributed by atoms with Crippen LogP contribution in [0.2, 0.25) is 5.15 Å². The summed E-state index contributed by atoms with van der Waals surface area (Å²) in [5.74, 6) is 0. The second-order valence-electron chi connectivity index (χ2n) is 4.19. The van der Waals surface area contributed by atoms with Crippen LogP contribution >= 0.6 is 23.1 Å². The third-order valence-corrected chi connectivity index (χ3v) is 3.99. The maximum atomic E-state index is 9.10. The summed E-state index contributed by atoms with van der Waals surface area (Å²) in [6, 6.07) is 2.11. The van der Waals surface area contributed by atoms with Gasteiger partial charge in [0.2, 0.25) is 0 Å². The van der Waals surface area contributed by atoms with Gasteiger partial charge in [0.1, 0.15) is 16.6 Å². The number of rotatable bonds is 3. The molecule has 2 heterocycles. The molecule has 0 saturated carbocycles. The fraction of sp³-hybridized carbons (Fsp3) is 0.636. The van der Waals surface area contributed by atoms with E-state index in [1.165, 1.54) is 11.5 Å². The average Bonchev–Trinajstić information content (AvgIpc) is 2.70. The largest absolute Gasteiger partial charge is 0.382 e. The zero-order chi connectivity index (χ0) is 13.1. The quantitative estimate of drug-likeness (QED) is 0.850. The lowest BCUT2D eigenvalue weighted by Crippen LogP contribution is -2.48. The first-order chi connectivity index (χ1) is 8.65. The van der Waals surface area contributed by atoms with Crippen molar-refractivity contribution in [3.63, 3.8) is 0 Å². The first kappa shape index (κ1) is 13.6. The van der Waals surface area contributed by atoms with Crippen LogP contribution in [0, 0.1) is 11.3 Å². The minimum atomic E-state index is 0.00571. The van der Waals surface area contributed by atoms with Gasteiger partial charge in [0.15, 0.2) is 5.15 Å². The number of hydrogen-bond donors (Lipinski definition) is 0. The maximum absolute atomic E-state index is 9.10. The Kier molecular flexibility index (Phi) is 4.40.